The highest BCUT2D eigenvalue weighted by atomic mass is 32.2. The molecule has 3 rings (SSSR count). The number of aryl methyl sites for hydroxylation is 1. The molecule has 0 fully saturated rings. The summed E-state index contributed by atoms with van der Waals surface area (Å²) in [6.45, 7) is 2.38. The van der Waals surface area contributed by atoms with Crippen molar-refractivity contribution in [1.29, 1.82) is 0 Å². The van der Waals surface area contributed by atoms with Crippen LogP contribution in [0.5, 0.6) is 5.75 Å². The van der Waals surface area contributed by atoms with Crippen LogP contribution in [-0.2, 0) is 0 Å². The lowest BCUT2D eigenvalue weighted by molar-refractivity contribution is 0.325. The minimum atomic E-state index is -0.359. The number of para-hydroxylation sites is 1. The summed E-state index contributed by atoms with van der Waals surface area (Å²) < 4.78 is 20.6. The van der Waals surface area contributed by atoms with Gasteiger partial charge in [-0.2, -0.15) is 4.68 Å². The number of aromatic nitrogens is 4. The topological polar surface area (TPSA) is 52.8 Å². The standard InChI is InChI=1S/C16H15FN4OS/c1-12-5-4-6-13(11-12)21-16(18-19-20-21)23-10-9-22-15-8-3-2-7-14(15)17/h2-8,11H,9-10H2,1H3. The van der Waals surface area contributed by atoms with Crippen molar-refractivity contribution < 1.29 is 9.13 Å². The Morgan fingerprint density at radius 2 is 2.04 bits per heavy atom. The number of tetrazole rings is 1. The normalized spacial score (nSPS) is 10.7. The number of halogens is 1. The molecule has 3 aromatic rings. The van der Waals surface area contributed by atoms with Gasteiger partial charge in [-0.1, -0.05) is 36.0 Å². The molecule has 0 radical (unpaired) electrons. The van der Waals surface area contributed by atoms with Crippen LogP contribution in [0.1, 0.15) is 5.56 Å². The van der Waals surface area contributed by atoms with E-state index < -0.39 is 0 Å². The van der Waals surface area contributed by atoms with Gasteiger partial charge < -0.3 is 4.74 Å². The fourth-order valence-electron chi connectivity index (χ4n) is 2.04. The lowest BCUT2D eigenvalue weighted by Gasteiger charge is -2.07. The van der Waals surface area contributed by atoms with Crippen molar-refractivity contribution in [2.75, 3.05) is 12.4 Å². The van der Waals surface area contributed by atoms with Crippen LogP contribution in [-0.4, -0.2) is 32.6 Å². The molecule has 118 valence electrons. The van der Waals surface area contributed by atoms with Crippen LogP contribution in [0.15, 0.2) is 53.7 Å². The van der Waals surface area contributed by atoms with Gasteiger partial charge in [0.15, 0.2) is 11.6 Å². The van der Waals surface area contributed by atoms with Crippen LogP contribution in [0, 0.1) is 12.7 Å². The van der Waals surface area contributed by atoms with Gasteiger partial charge in [-0.3, -0.25) is 0 Å². The highest BCUT2D eigenvalue weighted by molar-refractivity contribution is 7.99. The number of benzene rings is 2. The van der Waals surface area contributed by atoms with E-state index in [1.807, 2.05) is 31.2 Å². The Labute approximate surface area is 137 Å². The van der Waals surface area contributed by atoms with Crippen LogP contribution in [0.4, 0.5) is 4.39 Å². The van der Waals surface area contributed by atoms with Gasteiger partial charge in [-0.25, -0.2) is 4.39 Å². The molecule has 0 unspecified atom stereocenters. The van der Waals surface area contributed by atoms with Crippen molar-refractivity contribution in [2.45, 2.75) is 12.1 Å². The Hall–Kier alpha value is -2.41. The molecule has 1 aromatic heterocycles. The van der Waals surface area contributed by atoms with Gasteiger partial charge in [0.2, 0.25) is 5.16 Å². The first kappa shape index (κ1) is 15.5. The number of hydrogen-bond donors (Lipinski definition) is 0. The quantitative estimate of drug-likeness (QED) is 0.513. The fraction of sp³-hybridized carbons (Fsp3) is 0.188. The van der Waals surface area contributed by atoms with Crippen molar-refractivity contribution >= 4 is 11.8 Å². The molecule has 0 N–H and O–H groups in total. The number of thioether (sulfide) groups is 1. The van der Waals surface area contributed by atoms with E-state index in [1.54, 1.807) is 22.9 Å². The third-order valence-electron chi connectivity index (χ3n) is 3.10. The number of hydrogen-bond acceptors (Lipinski definition) is 5. The van der Waals surface area contributed by atoms with E-state index in [9.17, 15) is 4.39 Å². The zero-order chi connectivity index (χ0) is 16.1. The number of rotatable bonds is 6. The molecule has 0 aliphatic heterocycles. The Morgan fingerprint density at radius 1 is 1.17 bits per heavy atom. The molecule has 0 aliphatic rings. The molecule has 0 spiro atoms. The van der Waals surface area contributed by atoms with Gasteiger partial charge in [-0.15, -0.1) is 5.10 Å². The number of nitrogens with zero attached hydrogens (tertiary/aromatic N) is 4. The Morgan fingerprint density at radius 3 is 2.87 bits per heavy atom. The van der Waals surface area contributed by atoms with Gasteiger partial charge in [-0.05, 0) is 47.2 Å². The molecule has 0 saturated heterocycles. The van der Waals surface area contributed by atoms with Crippen molar-refractivity contribution in [3.8, 4) is 11.4 Å². The molecule has 7 heteroatoms. The maximum Gasteiger partial charge on any atom is 0.214 e. The summed E-state index contributed by atoms with van der Waals surface area (Å²) in [5.41, 5.74) is 2.05. The second-order valence-electron chi connectivity index (χ2n) is 4.84. The molecule has 0 aliphatic carbocycles. The summed E-state index contributed by atoms with van der Waals surface area (Å²) in [5.74, 6) is 0.508. The minimum Gasteiger partial charge on any atom is -0.490 e. The summed E-state index contributed by atoms with van der Waals surface area (Å²) >= 11 is 1.46. The van der Waals surface area contributed by atoms with Crippen molar-refractivity contribution in [3.05, 3.63) is 59.9 Å². The predicted molar refractivity (Wildman–Crippen MR) is 86.5 cm³/mol. The maximum atomic E-state index is 13.4. The summed E-state index contributed by atoms with van der Waals surface area (Å²) in [6, 6.07) is 14.3. The van der Waals surface area contributed by atoms with E-state index in [0.29, 0.717) is 17.5 Å². The van der Waals surface area contributed by atoms with Crippen molar-refractivity contribution in [2.24, 2.45) is 0 Å². The van der Waals surface area contributed by atoms with Gasteiger partial charge >= 0.3 is 0 Å². The van der Waals surface area contributed by atoms with E-state index in [2.05, 4.69) is 15.5 Å². The van der Waals surface area contributed by atoms with Crippen molar-refractivity contribution in [1.82, 2.24) is 20.2 Å². The second kappa shape index (κ2) is 7.23. The van der Waals surface area contributed by atoms with Gasteiger partial charge in [0.25, 0.3) is 0 Å². The minimum absolute atomic E-state index is 0.256. The first-order valence-electron chi connectivity index (χ1n) is 7.09. The molecule has 0 saturated carbocycles. The van der Waals surface area contributed by atoms with Gasteiger partial charge in [0.05, 0.1) is 12.3 Å². The largest absolute Gasteiger partial charge is 0.490 e. The van der Waals surface area contributed by atoms with E-state index in [4.69, 9.17) is 4.74 Å². The van der Waals surface area contributed by atoms with Crippen LogP contribution in [0.2, 0.25) is 0 Å². The van der Waals surface area contributed by atoms with Gasteiger partial charge in [0.1, 0.15) is 0 Å². The van der Waals surface area contributed by atoms with Crippen LogP contribution < -0.4 is 4.74 Å². The summed E-state index contributed by atoms with van der Waals surface area (Å²) in [4.78, 5) is 0. The molecule has 5 nitrogen and oxygen atoms in total. The Bertz CT molecular complexity index is 793. The van der Waals surface area contributed by atoms with Crippen LogP contribution in [0.25, 0.3) is 5.69 Å². The molecule has 2 aromatic carbocycles. The monoisotopic (exact) mass is 330 g/mol. The summed E-state index contributed by atoms with van der Waals surface area (Å²) in [6.07, 6.45) is 0. The zero-order valence-electron chi connectivity index (χ0n) is 12.5. The number of ether oxygens (including phenoxy) is 1. The third kappa shape index (κ3) is 3.87. The average Bonchev–Trinajstić information content (AvgIpc) is 3.01. The Balaban J connectivity index is 1.60. The van der Waals surface area contributed by atoms with Gasteiger partial charge in [0, 0.05) is 5.75 Å². The second-order valence-corrected chi connectivity index (χ2v) is 5.90. The summed E-state index contributed by atoms with van der Waals surface area (Å²) in [7, 11) is 0. The van der Waals surface area contributed by atoms with Crippen LogP contribution in [0.3, 0.4) is 0 Å². The highest BCUT2D eigenvalue weighted by Gasteiger charge is 2.09. The smallest absolute Gasteiger partial charge is 0.214 e. The maximum absolute atomic E-state index is 13.4. The Kier molecular flexibility index (Phi) is 4.87. The van der Waals surface area contributed by atoms with Crippen molar-refractivity contribution in [3.63, 3.8) is 0 Å². The SMILES string of the molecule is Cc1cccc(-n2nnnc2SCCOc2ccccc2F)c1. The molecular formula is C16H15FN4OS. The van der Waals surface area contributed by atoms with Crippen LogP contribution >= 0.6 is 11.8 Å². The summed E-state index contributed by atoms with van der Waals surface area (Å²) in [5, 5.41) is 12.4. The first-order chi connectivity index (χ1) is 11.2. The molecule has 0 bridgehead atoms. The zero-order valence-corrected chi connectivity index (χ0v) is 13.3. The predicted octanol–water partition coefficient (Wildman–Crippen LogP) is 3.28. The molecule has 0 atom stereocenters. The highest BCUT2D eigenvalue weighted by Crippen LogP contribution is 2.20. The average molecular weight is 330 g/mol. The third-order valence-corrected chi connectivity index (χ3v) is 3.98. The fourth-order valence-corrected chi connectivity index (χ4v) is 2.74. The van der Waals surface area contributed by atoms with E-state index in [-0.39, 0.29) is 11.6 Å². The molecule has 1 heterocycles. The van der Waals surface area contributed by atoms with E-state index in [1.165, 1.54) is 17.8 Å². The van der Waals surface area contributed by atoms with E-state index in [0.717, 1.165) is 11.3 Å². The molecule has 0 amide bonds. The first-order valence-corrected chi connectivity index (χ1v) is 8.08. The lowest BCUT2D eigenvalue weighted by Crippen LogP contribution is -2.04. The molecular weight excluding hydrogens is 315 g/mol. The molecule has 23 heavy (non-hydrogen) atoms. The lowest BCUT2D eigenvalue weighted by atomic mass is 10.2. The van der Waals surface area contributed by atoms with E-state index >= 15 is 0 Å².